The number of carbonyl (C=O) groups excluding carboxylic acids is 1. The van der Waals surface area contributed by atoms with Crippen molar-refractivity contribution in [2.75, 3.05) is 0 Å². The monoisotopic (exact) mass is 286 g/mol. The molecule has 0 aromatic heterocycles. The van der Waals surface area contributed by atoms with E-state index in [0.717, 1.165) is 12.0 Å². The zero-order valence-corrected chi connectivity index (χ0v) is 13.5. The zero-order valence-electron chi connectivity index (χ0n) is 13.5. The molecule has 0 heterocycles. The molecule has 1 aromatic carbocycles. The molecule has 0 saturated heterocycles. The Morgan fingerprint density at radius 3 is 2.05 bits per heavy atom. The van der Waals surface area contributed by atoms with E-state index in [-0.39, 0.29) is 5.78 Å². The summed E-state index contributed by atoms with van der Waals surface area (Å²) in [6.45, 7) is 2.25. The van der Waals surface area contributed by atoms with E-state index < -0.39 is 0 Å². The normalized spacial score (nSPS) is 11.1. The summed E-state index contributed by atoms with van der Waals surface area (Å²) in [5.74, 6) is 0.252. The first-order valence-corrected chi connectivity index (χ1v) is 8.59. The van der Waals surface area contributed by atoms with Crippen LogP contribution in [0.5, 0.6) is 0 Å². The fraction of sp³-hybridized carbons (Fsp3) is 0.550. The van der Waals surface area contributed by atoms with Gasteiger partial charge >= 0.3 is 0 Å². The molecular weight excluding hydrogens is 256 g/mol. The molecule has 0 aliphatic heterocycles. The van der Waals surface area contributed by atoms with Crippen LogP contribution in [0.15, 0.2) is 36.4 Å². The molecule has 0 aliphatic carbocycles. The second-order valence-electron chi connectivity index (χ2n) is 5.79. The van der Waals surface area contributed by atoms with Gasteiger partial charge in [0.15, 0.2) is 5.78 Å². The zero-order chi connectivity index (χ0) is 15.2. The molecule has 1 rings (SSSR count). The summed E-state index contributed by atoms with van der Waals surface area (Å²) in [5.41, 5.74) is 1.10. The van der Waals surface area contributed by atoms with Gasteiger partial charge < -0.3 is 0 Å². The van der Waals surface area contributed by atoms with Gasteiger partial charge in [0.25, 0.3) is 0 Å². The van der Waals surface area contributed by atoms with Crippen molar-refractivity contribution in [3.8, 4) is 0 Å². The van der Waals surface area contributed by atoms with Crippen molar-refractivity contribution < 1.29 is 4.79 Å². The molecule has 0 aliphatic rings. The Labute approximate surface area is 130 Å². The van der Waals surface area contributed by atoms with E-state index in [4.69, 9.17) is 0 Å². The molecule has 0 saturated carbocycles. The van der Waals surface area contributed by atoms with Crippen molar-refractivity contribution in [1.29, 1.82) is 0 Å². The van der Waals surface area contributed by atoms with Crippen LogP contribution in [0.25, 0.3) is 6.08 Å². The Bertz CT molecular complexity index is 392. The van der Waals surface area contributed by atoms with Gasteiger partial charge in [-0.3, -0.25) is 4.79 Å². The number of hydrogen-bond acceptors (Lipinski definition) is 1. The van der Waals surface area contributed by atoms with E-state index in [9.17, 15) is 4.79 Å². The van der Waals surface area contributed by atoms with Crippen molar-refractivity contribution in [3.05, 3.63) is 42.0 Å². The first-order valence-electron chi connectivity index (χ1n) is 8.59. The summed E-state index contributed by atoms with van der Waals surface area (Å²) in [6.07, 6.45) is 16.0. The van der Waals surface area contributed by atoms with Crippen molar-refractivity contribution in [2.24, 2.45) is 0 Å². The Morgan fingerprint density at radius 1 is 0.857 bits per heavy atom. The highest BCUT2D eigenvalue weighted by Gasteiger charge is 1.97. The van der Waals surface area contributed by atoms with Crippen LogP contribution in [0.2, 0.25) is 0 Å². The number of hydrogen-bond donors (Lipinski definition) is 0. The summed E-state index contributed by atoms with van der Waals surface area (Å²) in [7, 11) is 0. The number of allylic oxidation sites excluding steroid dienone is 1. The van der Waals surface area contributed by atoms with Gasteiger partial charge in [-0.2, -0.15) is 0 Å². The molecular formula is C20H30O. The van der Waals surface area contributed by atoms with Crippen molar-refractivity contribution >= 4 is 11.9 Å². The SMILES string of the molecule is CCCCCCCCCCCC(=O)/C=C\c1ccccc1. The number of carbonyl (C=O) groups is 1. The van der Waals surface area contributed by atoms with Gasteiger partial charge in [0.1, 0.15) is 0 Å². The molecule has 0 amide bonds. The molecule has 0 radical (unpaired) electrons. The summed E-state index contributed by atoms with van der Waals surface area (Å²) >= 11 is 0. The molecule has 0 bridgehead atoms. The van der Waals surface area contributed by atoms with Crippen molar-refractivity contribution in [2.45, 2.75) is 71.1 Å². The fourth-order valence-corrected chi connectivity index (χ4v) is 2.45. The van der Waals surface area contributed by atoms with Crippen molar-refractivity contribution in [3.63, 3.8) is 0 Å². The van der Waals surface area contributed by atoms with Crippen LogP contribution in [0, 0.1) is 0 Å². The minimum Gasteiger partial charge on any atom is -0.295 e. The van der Waals surface area contributed by atoms with Gasteiger partial charge in [-0.25, -0.2) is 0 Å². The Kier molecular flexibility index (Phi) is 10.4. The van der Waals surface area contributed by atoms with E-state index >= 15 is 0 Å². The molecule has 0 atom stereocenters. The molecule has 1 nitrogen and oxygen atoms in total. The lowest BCUT2D eigenvalue weighted by Gasteiger charge is -2.01. The summed E-state index contributed by atoms with van der Waals surface area (Å²) in [4.78, 5) is 11.7. The Balaban J connectivity index is 1.97. The van der Waals surface area contributed by atoms with Crippen molar-refractivity contribution in [1.82, 2.24) is 0 Å². The maximum absolute atomic E-state index is 11.7. The highest BCUT2D eigenvalue weighted by atomic mass is 16.1. The smallest absolute Gasteiger partial charge is 0.155 e. The first-order chi connectivity index (χ1) is 10.3. The third-order valence-corrected chi connectivity index (χ3v) is 3.79. The number of rotatable bonds is 12. The van der Waals surface area contributed by atoms with Gasteiger partial charge in [0.2, 0.25) is 0 Å². The van der Waals surface area contributed by atoms with E-state index in [0.29, 0.717) is 6.42 Å². The topological polar surface area (TPSA) is 17.1 Å². The number of benzene rings is 1. The van der Waals surface area contributed by atoms with Crippen LogP contribution in [-0.2, 0) is 4.79 Å². The highest BCUT2D eigenvalue weighted by molar-refractivity contribution is 5.93. The highest BCUT2D eigenvalue weighted by Crippen LogP contribution is 2.11. The van der Waals surface area contributed by atoms with Crippen LogP contribution < -0.4 is 0 Å². The van der Waals surface area contributed by atoms with E-state index in [1.165, 1.54) is 51.4 Å². The second kappa shape index (κ2) is 12.4. The molecule has 1 aromatic rings. The maximum Gasteiger partial charge on any atom is 0.155 e. The average molecular weight is 286 g/mol. The molecule has 0 fully saturated rings. The predicted octanol–water partition coefficient (Wildman–Crippen LogP) is 6.19. The lowest BCUT2D eigenvalue weighted by molar-refractivity contribution is -0.114. The molecule has 0 unspecified atom stereocenters. The standard InChI is InChI=1S/C20H30O/c1-2-3-4-5-6-7-8-9-13-16-20(21)18-17-19-14-11-10-12-15-19/h10-12,14-15,17-18H,2-9,13,16H2,1H3/b18-17-. The van der Waals surface area contributed by atoms with Gasteiger partial charge in [-0.15, -0.1) is 0 Å². The third-order valence-electron chi connectivity index (χ3n) is 3.79. The fourth-order valence-electron chi connectivity index (χ4n) is 2.45. The lowest BCUT2D eigenvalue weighted by atomic mass is 10.1. The lowest BCUT2D eigenvalue weighted by Crippen LogP contribution is -1.92. The van der Waals surface area contributed by atoms with E-state index in [1.54, 1.807) is 6.08 Å². The van der Waals surface area contributed by atoms with Crippen LogP contribution in [0.3, 0.4) is 0 Å². The number of unbranched alkanes of at least 4 members (excludes halogenated alkanes) is 8. The largest absolute Gasteiger partial charge is 0.295 e. The van der Waals surface area contributed by atoms with E-state index in [1.807, 2.05) is 36.4 Å². The molecule has 21 heavy (non-hydrogen) atoms. The average Bonchev–Trinajstić information content (AvgIpc) is 2.52. The summed E-state index contributed by atoms with van der Waals surface area (Å²) in [6, 6.07) is 10.0. The predicted molar refractivity (Wildman–Crippen MR) is 92.3 cm³/mol. The van der Waals surface area contributed by atoms with Gasteiger partial charge in [0.05, 0.1) is 0 Å². The summed E-state index contributed by atoms with van der Waals surface area (Å²) < 4.78 is 0. The van der Waals surface area contributed by atoms with Gasteiger partial charge in [-0.05, 0) is 18.1 Å². The maximum atomic E-state index is 11.7. The minimum absolute atomic E-state index is 0.252. The van der Waals surface area contributed by atoms with Crippen LogP contribution in [0.4, 0.5) is 0 Å². The van der Waals surface area contributed by atoms with Crippen LogP contribution in [-0.4, -0.2) is 5.78 Å². The Morgan fingerprint density at radius 2 is 1.43 bits per heavy atom. The quantitative estimate of drug-likeness (QED) is 0.331. The minimum atomic E-state index is 0.252. The summed E-state index contributed by atoms with van der Waals surface area (Å²) in [5, 5.41) is 0. The van der Waals surface area contributed by atoms with Crippen LogP contribution in [0.1, 0.15) is 76.7 Å². The molecule has 116 valence electrons. The Hall–Kier alpha value is -1.37. The first kappa shape index (κ1) is 17.7. The van der Waals surface area contributed by atoms with Gasteiger partial charge in [-0.1, -0.05) is 94.7 Å². The van der Waals surface area contributed by atoms with Gasteiger partial charge in [0, 0.05) is 6.42 Å². The van der Waals surface area contributed by atoms with E-state index in [2.05, 4.69) is 6.92 Å². The third kappa shape index (κ3) is 10.1. The number of ketones is 1. The van der Waals surface area contributed by atoms with Crippen LogP contribution >= 0.6 is 0 Å². The molecule has 0 spiro atoms. The second-order valence-corrected chi connectivity index (χ2v) is 5.79. The molecule has 1 heteroatoms. The molecule has 0 N–H and O–H groups in total.